The van der Waals surface area contributed by atoms with E-state index in [2.05, 4.69) is 11.8 Å². The first kappa shape index (κ1) is 12.8. The van der Waals surface area contributed by atoms with Crippen molar-refractivity contribution in [1.82, 2.24) is 0 Å². The van der Waals surface area contributed by atoms with Gasteiger partial charge < -0.3 is 0 Å². The summed E-state index contributed by atoms with van der Waals surface area (Å²) < 4.78 is 0. The monoisotopic (exact) mass is 248 g/mol. The van der Waals surface area contributed by atoms with E-state index in [1.807, 2.05) is 31.2 Å². The van der Waals surface area contributed by atoms with Gasteiger partial charge in [-0.1, -0.05) is 36.3 Å². The zero-order valence-corrected chi connectivity index (χ0v) is 10.5. The van der Waals surface area contributed by atoms with Crippen molar-refractivity contribution >= 4 is 12.1 Å². The lowest BCUT2D eigenvalue weighted by atomic mass is 10.0. The van der Waals surface area contributed by atoms with Crippen LogP contribution in [0.15, 0.2) is 48.5 Å². The molecule has 2 heteroatoms. The number of benzene rings is 2. The molecule has 0 bridgehead atoms. The lowest BCUT2D eigenvalue weighted by Gasteiger charge is -1.97. The highest BCUT2D eigenvalue weighted by atomic mass is 16.1. The molecule has 0 heterocycles. The Hall–Kier alpha value is -2.66. The van der Waals surface area contributed by atoms with Gasteiger partial charge in [0.1, 0.15) is 0 Å². The number of ketones is 1. The maximum absolute atomic E-state index is 12.0. The number of rotatable bonds is 2. The lowest BCUT2D eigenvalue weighted by Crippen LogP contribution is -2.00. The van der Waals surface area contributed by atoms with E-state index in [9.17, 15) is 9.59 Å². The van der Waals surface area contributed by atoms with E-state index in [0.717, 1.165) is 11.1 Å². The number of hydrogen-bond donors (Lipinski definition) is 0. The summed E-state index contributed by atoms with van der Waals surface area (Å²) in [5.41, 5.74) is 2.59. The molecule has 0 radical (unpaired) electrons. The zero-order valence-electron chi connectivity index (χ0n) is 10.5. The van der Waals surface area contributed by atoms with Crippen molar-refractivity contribution in [3.05, 3.63) is 70.8 Å². The van der Waals surface area contributed by atoms with E-state index in [1.54, 1.807) is 24.3 Å². The fraction of sp³-hybridized carbons (Fsp3) is 0.0588. The lowest BCUT2D eigenvalue weighted by molar-refractivity contribution is 0.104. The van der Waals surface area contributed by atoms with Crippen LogP contribution >= 0.6 is 0 Å². The van der Waals surface area contributed by atoms with Gasteiger partial charge >= 0.3 is 0 Å². The van der Waals surface area contributed by atoms with Crippen LogP contribution in [0.5, 0.6) is 0 Å². The molecular formula is C17H12O2. The van der Waals surface area contributed by atoms with Crippen LogP contribution in [-0.4, -0.2) is 12.1 Å². The first-order valence-corrected chi connectivity index (χ1v) is 5.88. The SMILES string of the molecule is Cc1cccc(C#CC(=O)c2ccccc2C=O)c1. The summed E-state index contributed by atoms with van der Waals surface area (Å²) in [5.74, 6) is 5.05. The summed E-state index contributed by atoms with van der Waals surface area (Å²) in [7, 11) is 0. The van der Waals surface area contributed by atoms with E-state index < -0.39 is 0 Å². The van der Waals surface area contributed by atoms with Crippen LogP contribution in [-0.2, 0) is 0 Å². The predicted octanol–water partition coefficient (Wildman–Crippen LogP) is 3.04. The molecule has 2 nitrogen and oxygen atoms in total. The molecule has 92 valence electrons. The molecule has 0 saturated heterocycles. The second-order valence-corrected chi connectivity index (χ2v) is 4.15. The van der Waals surface area contributed by atoms with Crippen molar-refractivity contribution in [2.75, 3.05) is 0 Å². The number of carbonyl (C=O) groups excluding carboxylic acids is 2. The summed E-state index contributed by atoms with van der Waals surface area (Å²) in [6, 6.07) is 14.3. The van der Waals surface area contributed by atoms with Gasteiger partial charge in [0.2, 0.25) is 5.78 Å². The van der Waals surface area contributed by atoms with Crippen molar-refractivity contribution in [2.24, 2.45) is 0 Å². The molecule has 2 aromatic rings. The van der Waals surface area contributed by atoms with Gasteiger partial charge in [0, 0.05) is 16.7 Å². The third kappa shape index (κ3) is 3.17. The Morgan fingerprint density at radius 3 is 2.63 bits per heavy atom. The Bertz CT molecular complexity index is 688. The van der Waals surface area contributed by atoms with Crippen molar-refractivity contribution in [3.8, 4) is 11.8 Å². The smallest absolute Gasteiger partial charge is 0.236 e. The van der Waals surface area contributed by atoms with Crippen molar-refractivity contribution in [2.45, 2.75) is 6.92 Å². The molecule has 0 aliphatic rings. The maximum Gasteiger partial charge on any atom is 0.236 e. The van der Waals surface area contributed by atoms with E-state index in [0.29, 0.717) is 17.4 Å². The molecule has 0 aliphatic heterocycles. The van der Waals surface area contributed by atoms with Crippen molar-refractivity contribution in [3.63, 3.8) is 0 Å². The average Bonchev–Trinajstić information content (AvgIpc) is 2.45. The van der Waals surface area contributed by atoms with Crippen LogP contribution in [0.4, 0.5) is 0 Å². The molecule has 0 amide bonds. The summed E-state index contributed by atoms with van der Waals surface area (Å²) in [4.78, 5) is 22.8. The largest absolute Gasteiger partial charge is 0.298 e. The zero-order chi connectivity index (χ0) is 13.7. The third-order valence-corrected chi connectivity index (χ3v) is 2.67. The second-order valence-electron chi connectivity index (χ2n) is 4.15. The van der Waals surface area contributed by atoms with Gasteiger partial charge in [-0.3, -0.25) is 9.59 Å². The van der Waals surface area contributed by atoms with Gasteiger partial charge in [-0.25, -0.2) is 0 Å². The average molecular weight is 248 g/mol. The third-order valence-electron chi connectivity index (χ3n) is 2.67. The van der Waals surface area contributed by atoms with Crippen LogP contribution in [0.1, 0.15) is 31.8 Å². The van der Waals surface area contributed by atoms with Crippen molar-refractivity contribution in [1.29, 1.82) is 0 Å². The first-order valence-electron chi connectivity index (χ1n) is 5.88. The van der Waals surface area contributed by atoms with Crippen LogP contribution in [0, 0.1) is 18.8 Å². The molecule has 0 fully saturated rings. The Kier molecular flexibility index (Phi) is 3.90. The fourth-order valence-corrected chi connectivity index (χ4v) is 1.73. The summed E-state index contributed by atoms with van der Waals surface area (Å²) in [5, 5.41) is 0. The minimum atomic E-state index is -0.343. The summed E-state index contributed by atoms with van der Waals surface area (Å²) >= 11 is 0. The Morgan fingerprint density at radius 2 is 1.89 bits per heavy atom. The van der Waals surface area contributed by atoms with Gasteiger partial charge in [-0.2, -0.15) is 0 Å². The highest BCUT2D eigenvalue weighted by Gasteiger charge is 2.07. The Balaban J connectivity index is 2.30. The standard InChI is InChI=1S/C17H12O2/c1-13-5-4-6-14(11-13)9-10-17(19)16-8-3-2-7-15(16)12-18/h2-8,11-12H,1H3. The summed E-state index contributed by atoms with van der Waals surface area (Å²) in [6.07, 6.45) is 0.668. The highest BCUT2D eigenvalue weighted by Crippen LogP contribution is 2.07. The van der Waals surface area contributed by atoms with E-state index in [4.69, 9.17) is 0 Å². The number of aryl methyl sites for hydroxylation is 1. The number of Topliss-reactive ketones (excluding diaryl/α,β-unsaturated/α-hetero) is 1. The first-order chi connectivity index (χ1) is 9.20. The van der Waals surface area contributed by atoms with Gasteiger partial charge in [0.05, 0.1) is 0 Å². The molecule has 0 aliphatic carbocycles. The van der Waals surface area contributed by atoms with E-state index in [1.165, 1.54) is 0 Å². The molecule has 19 heavy (non-hydrogen) atoms. The molecule has 0 saturated carbocycles. The summed E-state index contributed by atoms with van der Waals surface area (Å²) in [6.45, 7) is 1.97. The molecule has 0 unspecified atom stereocenters. The second kappa shape index (κ2) is 5.79. The normalized spacial score (nSPS) is 9.32. The Morgan fingerprint density at radius 1 is 1.11 bits per heavy atom. The molecule has 0 N–H and O–H groups in total. The van der Waals surface area contributed by atoms with E-state index in [-0.39, 0.29) is 5.78 Å². The van der Waals surface area contributed by atoms with Crippen LogP contribution < -0.4 is 0 Å². The quantitative estimate of drug-likeness (QED) is 0.465. The number of carbonyl (C=O) groups is 2. The minimum Gasteiger partial charge on any atom is -0.298 e. The number of hydrogen-bond acceptors (Lipinski definition) is 2. The molecular weight excluding hydrogens is 236 g/mol. The van der Waals surface area contributed by atoms with Crippen LogP contribution in [0.3, 0.4) is 0 Å². The van der Waals surface area contributed by atoms with Crippen LogP contribution in [0.2, 0.25) is 0 Å². The molecule has 2 aromatic carbocycles. The number of aldehydes is 1. The van der Waals surface area contributed by atoms with Crippen molar-refractivity contribution < 1.29 is 9.59 Å². The maximum atomic E-state index is 12.0. The van der Waals surface area contributed by atoms with Gasteiger partial charge in [0.15, 0.2) is 6.29 Å². The Labute approximate surface area is 112 Å². The molecule has 0 spiro atoms. The molecule has 0 aromatic heterocycles. The predicted molar refractivity (Wildman–Crippen MR) is 74.2 cm³/mol. The fourth-order valence-electron chi connectivity index (χ4n) is 1.73. The van der Waals surface area contributed by atoms with Crippen LogP contribution in [0.25, 0.3) is 0 Å². The minimum absolute atomic E-state index is 0.343. The van der Waals surface area contributed by atoms with Gasteiger partial charge in [0.25, 0.3) is 0 Å². The molecule has 0 atom stereocenters. The highest BCUT2D eigenvalue weighted by molar-refractivity contribution is 6.13. The molecule has 2 rings (SSSR count). The van der Waals surface area contributed by atoms with Gasteiger partial charge in [-0.05, 0) is 36.6 Å². The van der Waals surface area contributed by atoms with E-state index >= 15 is 0 Å². The topological polar surface area (TPSA) is 34.1 Å². The van der Waals surface area contributed by atoms with Gasteiger partial charge in [-0.15, -0.1) is 0 Å².